The molecule has 0 saturated carbocycles. The summed E-state index contributed by atoms with van der Waals surface area (Å²) in [5, 5.41) is 24.6. The first-order valence-corrected chi connectivity index (χ1v) is 11.7. The van der Waals surface area contributed by atoms with Gasteiger partial charge in [-0.25, -0.2) is 13.4 Å². The van der Waals surface area contributed by atoms with Crippen molar-refractivity contribution in [3.63, 3.8) is 0 Å². The second-order valence-corrected chi connectivity index (χ2v) is 10.1. The van der Waals surface area contributed by atoms with Crippen LogP contribution < -0.4 is 10.6 Å². The smallest absolute Gasteiger partial charge is 0.392 e. The minimum Gasteiger partial charge on any atom is -0.392 e. The fraction of sp³-hybridized carbons (Fsp3) is 0.500. The minimum absolute atomic E-state index is 0.000550. The average Bonchev–Trinajstić information content (AvgIpc) is 3.07. The summed E-state index contributed by atoms with van der Waals surface area (Å²) in [7, 11) is -3.54. The molecule has 1 aromatic carbocycles. The van der Waals surface area contributed by atoms with Gasteiger partial charge in [-0.3, -0.25) is 0 Å². The summed E-state index contributed by atoms with van der Waals surface area (Å²) in [5.41, 5.74) is -0.336. The Balaban J connectivity index is 2.19. The van der Waals surface area contributed by atoms with Gasteiger partial charge in [0, 0.05) is 24.5 Å². The Bertz CT molecular complexity index is 976. The van der Waals surface area contributed by atoms with Crippen molar-refractivity contribution in [2.75, 3.05) is 23.4 Å². The summed E-state index contributed by atoms with van der Waals surface area (Å²) in [4.78, 5) is 3.33. The van der Waals surface area contributed by atoms with Crippen LogP contribution in [0.2, 0.25) is 0 Å². The lowest BCUT2D eigenvalue weighted by molar-refractivity contribution is -0.141. The lowest BCUT2D eigenvalue weighted by Gasteiger charge is -2.23. The maximum absolute atomic E-state index is 13.0. The van der Waals surface area contributed by atoms with Gasteiger partial charge in [0.1, 0.15) is 0 Å². The van der Waals surface area contributed by atoms with Gasteiger partial charge in [0.2, 0.25) is 0 Å². The Morgan fingerprint density at radius 1 is 1.20 bits per heavy atom. The van der Waals surface area contributed by atoms with Crippen molar-refractivity contribution in [3.05, 3.63) is 34.3 Å². The maximum atomic E-state index is 13.0. The second kappa shape index (κ2) is 9.50. The zero-order valence-electron chi connectivity index (χ0n) is 16.6. The fourth-order valence-electron chi connectivity index (χ4n) is 2.72. The van der Waals surface area contributed by atoms with Crippen molar-refractivity contribution >= 4 is 32.0 Å². The second-order valence-electron chi connectivity index (χ2n) is 7.08. The van der Waals surface area contributed by atoms with Crippen molar-refractivity contribution in [2.45, 2.75) is 44.2 Å². The van der Waals surface area contributed by atoms with E-state index in [-0.39, 0.29) is 39.0 Å². The van der Waals surface area contributed by atoms with E-state index in [0.29, 0.717) is 5.69 Å². The highest BCUT2D eigenvalue weighted by molar-refractivity contribution is 7.90. The Morgan fingerprint density at radius 3 is 2.33 bits per heavy atom. The van der Waals surface area contributed by atoms with E-state index in [1.807, 2.05) is 13.8 Å². The monoisotopic (exact) mass is 467 g/mol. The molecule has 168 valence electrons. The van der Waals surface area contributed by atoms with Crippen LogP contribution in [0.15, 0.2) is 23.1 Å². The molecular formula is C18H24F3N3O4S2. The van der Waals surface area contributed by atoms with Crippen LogP contribution in [0.25, 0.3) is 0 Å². The molecule has 7 nitrogen and oxygen atoms in total. The molecule has 0 aliphatic carbocycles. The van der Waals surface area contributed by atoms with Crippen molar-refractivity contribution < 1.29 is 31.8 Å². The van der Waals surface area contributed by atoms with Crippen molar-refractivity contribution in [3.8, 4) is 0 Å². The first-order chi connectivity index (χ1) is 13.9. The number of sulfone groups is 1. The number of aliphatic hydroxyl groups excluding tert-OH is 2. The number of anilines is 2. The number of hydrogen-bond acceptors (Lipinski definition) is 8. The molecule has 1 atom stereocenters. The van der Waals surface area contributed by atoms with Gasteiger partial charge in [0.05, 0.1) is 23.0 Å². The topological polar surface area (TPSA) is 112 Å². The molecular weight excluding hydrogens is 443 g/mol. The van der Waals surface area contributed by atoms with Crippen LogP contribution in [-0.4, -0.2) is 42.5 Å². The molecule has 4 N–H and O–H groups in total. The number of nitrogens with zero attached hydrogens (tertiary/aromatic N) is 1. The van der Waals surface area contributed by atoms with Crippen LogP contribution >= 0.6 is 11.3 Å². The summed E-state index contributed by atoms with van der Waals surface area (Å²) in [6, 6.07) is 4.20. The molecule has 0 fully saturated rings. The molecule has 30 heavy (non-hydrogen) atoms. The average molecular weight is 468 g/mol. The summed E-state index contributed by atoms with van der Waals surface area (Å²) in [5.74, 6) is -0.000550. The normalized spacial score (nSPS) is 13.5. The number of hydrogen-bond donors (Lipinski definition) is 4. The molecule has 0 radical (unpaired) electrons. The number of alkyl halides is 3. The van der Waals surface area contributed by atoms with Crippen LogP contribution in [0.4, 0.5) is 24.0 Å². The molecule has 0 aliphatic rings. The number of thiazole rings is 1. The van der Waals surface area contributed by atoms with Crippen LogP contribution in [0.5, 0.6) is 0 Å². The van der Waals surface area contributed by atoms with Crippen molar-refractivity contribution in [2.24, 2.45) is 5.92 Å². The number of aromatic nitrogens is 1. The van der Waals surface area contributed by atoms with Crippen LogP contribution in [0, 0.1) is 5.92 Å². The third-order valence-electron chi connectivity index (χ3n) is 4.39. The predicted molar refractivity (Wildman–Crippen MR) is 109 cm³/mol. The van der Waals surface area contributed by atoms with E-state index in [4.69, 9.17) is 0 Å². The molecule has 12 heteroatoms. The molecule has 0 spiro atoms. The Hall–Kier alpha value is -1.89. The highest BCUT2D eigenvalue weighted by Crippen LogP contribution is 2.36. The molecule has 1 heterocycles. The highest BCUT2D eigenvalue weighted by Gasteiger charge is 2.37. The van der Waals surface area contributed by atoms with E-state index in [0.717, 1.165) is 17.6 Å². The fourth-order valence-corrected chi connectivity index (χ4v) is 4.58. The Labute approximate surface area is 176 Å². The first-order valence-electron chi connectivity index (χ1n) is 8.98. The van der Waals surface area contributed by atoms with Gasteiger partial charge in [0.25, 0.3) is 0 Å². The Morgan fingerprint density at radius 2 is 1.87 bits per heavy atom. The molecule has 0 bridgehead atoms. The number of aliphatic hydroxyl groups is 2. The van der Waals surface area contributed by atoms with Crippen LogP contribution in [0.3, 0.4) is 0 Å². The van der Waals surface area contributed by atoms with E-state index < -0.39 is 34.9 Å². The van der Waals surface area contributed by atoms with Crippen LogP contribution in [0.1, 0.15) is 30.0 Å². The summed E-state index contributed by atoms with van der Waals surface area (Å²) in [6.07, 6.45) is -3.61. The molecule has 0 saturated heterocycles. The van der Waals surface area contributed by atoms with Gasteiger partial charge in [0.15, 0.2) is 20.7 Å². The summed E-state index contributed by atoms with van der Waals surface area (Å²) in [6.45, 7) is 2.85. The SMILES string of the molecule is CC(C)[C@H](CNc1ccc(CO)c(S(C)(=O)=O)c1)Nc1nc(C(F)(F)F)c(CO)s1. The molecule has 0 unspecified atom stereocenters. The first kappa shape index (κ1) is 24.4. The Kier molecular flexibility index (Phi) is 7.72. The molecule has 1 aromatic heterocycles. The highest BCUT2D eigenvalue weighted by atomic mass is 32.2. The van der Waals surface area contributed by atoms with Crippen LogP contribution in [-0.2, 0) is 29.2 Å². The number of halogens is 3. The number of benzene rings is 1. The van der Waals surface area contributed by atoms with E-state index in [9.17, 15) is 31.8 Å². The summed E-state index contributed by atoms with van der Waals surface area (Å²) >= 11 is 0.737. The summed E-state index contributed by atoms with van der Waals surface area (Å²) < 4.78 is 63.0. The molecule has 2 aromatic rings. The zero-order chi connectivity index (χ0) is 22.7. The quantitative estimate of drug-likeness (QED) is 0.448. The van der Waals surface area contributed by atoms with E-state index in [1.54, 1.807) is 6.07 Å². The molecule has 0 amide bonds. The predicted octanol–water partition coefficient (Wildman–Crippen LogP) is 3.10. The van der Waals surface area contributed by atoms with Crippen molar-refractivity contribution in [1.29, 1.82) is 0 Å². The minimum atomic E-state index is -4.66. The lowest BCUT2D eigenvalue weighted by Crippen LogP contribution is -2.33. The number of rotatable bonds is 9. The van der Waals surface area contributed by atoms with E-state index in [1.165, 1.54) is 12.1 Å². The van der Waals surface area contributed by atoms with Gasteiger partial charge >= 0.3 is 6.18 Å². The van der Waals surface area contributed by atoms with E-state index >= 15 is 0 Å². The van der Waals surface area contributed by atoms with Gasteiger partial charge in [-0.05, 0) is 23.6 Å². The standard InChI is InChI=1S/C18H24F3N3O4S2/c1-10(2)13(23-17-24-16(18(19,20)21)14(9-26)29-17)7-22-12-5-4-11(8-25)15(6-12)30(3,27)28/h4-6,10,13,22,25-26H,7-9H2,1-3H3,(H,23,24)/t13-/m0/s1. The molecule has 0 aliphatic heterocycles. The van der Waals surface area contributed by atoms with Gasteiger partial charge < -0.3 is 20.8 Å². The van der Waals surface area contributed by atoms with Gasteiger partial charge in [-0.1, -0.05) is 31.3 Å². The lowest BCUT2D eigenvalue weighted by atomic mass is 10.0. The third-order valence-corrected chi connectivity index (χ3v) is 6.54. The van der Waals surface area contributed by atoms with E-state index in [2.05, 4.69) is 15.6 Å². The maximum Gasteiger partial charge on any atom is 0.434 e. The zero-order valence-corrected chi connectivity index (χ0v) is 18.2. The van der Waals surface area contributed by atoms with Gasteiger partial charge in [-0.2, -0.15) is 13.2 Å². The van der Waals surface area contributed by atoms with Crippen molar-refractivity contribution in [1.82, 2.24) is 4.98 Å². The largest absolute Gasteiger partial charge is 0.434 e. The third kappa shape index (κ3) is 6.06. The number of nitrogens with one attached hydrogen (secondary N) is 2. The van der Waals surface area contributed by atoms with Gasteiger partial charge in [-0.15, -0.1) is 0 Å². The molecule has 2 rings (SSSR count).